The Morgan fingerprint density at radius 2 is 1.88 bits per heavy atom. The molecule has 0 aliphatic carbocycles. The van der Waals surface area contributed by atoms with Crippen molar-refractivity contribution in [3.8, 4) is 0 Å². The van der Waals surface area contributed by atoms with Gasteiger partial charge < -0.3 is 9.80 Å². The van der Waals surface area contributed by atoms with E-state index in [1.165, 1.54) is 17.6 Å². The van der Waals surface area contributed by atoms with Crippen molar-refractivity contribution >= 4 is 22.6 Å². The second-order valence-electron chi connectivity index (χ2n) is 6.00. The Balaban J connectivity index is 1.63. The normalized spacial score (nSPS) is 15.2. The Labute approximate surface area is 143 Å². The number of aromatic nitrogens is 2. The Morgan fingerprint density at radius 1 is 1.17 bits per heavy atom. The molecule has 1 saturated heterocycles. The standard InChI is InChI=1S/C16H18F2N4OS/c1-10(2)14-19-16(24-20-14)22-7-5-21(6-8-22)15(23)11-3-4-12(17)13(18)9-11/h3-4,9-10H,5-8H2,1-2H3. The van der Waals surface area contributed by atoms with Gasteiger partial charge in [-0.1, -0.05) is 13.8 Å². The first-order valence-corrected chi connectivity index (χ1v) is 8.56. The quantitative estimate of drug-likeness (QED) is 0.852. The fraction of sp³-hybridized carbons (Fsp3) is 0.438. The number of nitrogens with zero attached hydrogens (tertiary/aromatic N) is 4. The molecule has 0 radical (unpaired) electrons. The summed E-state index contributed by atoms with van der Waals surface area (Å²) in [4.78, 5) is 20.7. The van der Waals surface area contributed by atoms with Gasteiger partial charge in [-0.2, -0.15) is 4.37 Å². The van der Waals surface area contributed by atoms with Crippen LogP contribution in [0.2, 0.25) is 0 Å². The summed E-state index contributed by atoms with van der Waals surface area (Å²) in [5, 5.41) is 0.860. The summed E-state index contributed by atoms with van der Waals surface area (Å²) in [6, 6.07) is 3.24. The molecule has 0 N–H and O–H groups in total. The molecule has 3 rings (SSSR count). The van der Waals surface area contributed by atoms with Gasteiger partial charge in [0.2, 0.25) is 5.13 Å². The van der Waals surface area contributed by atoms with Gasteiger partial charge in [0.15, 0.2) is 11.6 Å². The van der Waals surface area contributed by atoms with E-state index in [1.54, 1.807) is 4.90 Å². The van der Waals surface area contributed by atoms with Crippen molar-refractivity contribution in [1.82, 2.24) is 14.3 Å². The van der Waals surface area contributed by atoms with Gasteiger partial charge in [0.05, 0.1) is 0 Å². The summed E-state index contributed by atoms with van der Waals surface area (Å²) in [6.45, 7) is 6.39. The topological polar surface area (TPSA) is 49.3 Å². The Bertz CT molecular complexity index is 741. The van der Waals surface area contributed by atoms with Crippen LogP contribution in [0.3, 0.4) is 0 Å². The average Bonchev–Trinajstić information content (AvgIpc) is 3.07. The molecule has 0 bridgehead atoms. The number of benzene rings is 1. The smallest absolute Gasteiger partial charge is 0.254 e. The summed E-state index contributed by atoms with van der Waals surface area (Å²) in [5.74, 6) is -1.13. The molecule has 1 aromatic heterocycles. The van der Waals surface area contributed by atoms with Crippen molar-refractivity contribution in [3.63, 3.8) is 0 Å². The number of halogens is 2. The van der Waals surface area contributed by atoms with Crippen LogP contribution in [0.25, 0.3) is 0 Å². The number of amides is 1. The van der Waals surface area contributed by atoms with Gasteiger partial charge in [0.1, 0.15) is 5.82 Å². The second-order valence-corrected chi connectivity index (χ2v) is 6.73. The first-order chi connectivity index (χ1) is 11.5. The SMILES string of the molecule is CC(C)c1nsc(N2CCN(C(=O)c3ccc(F)c(F)c3)CC2)n1. The fourth-order valence-electron chi connectivity index (χ4n) is 2.50. The predicted molar refractivity (Wildman–Crippen MR) is 88.5 cm³/mol. The van der Waals surface area contributed by atoms with Crippen LogP contribution in [0.5, 0.6) is 0 Å². The van der Waals surface area contributed by atoms with E-state index in [2.05, 4.69) is 14.3 Å². The van der Waals surface area contributed by atoms with Crippen LogP contribution in [0.15, 0.2) is 18.2 Å². The minimum Gasteiger partial charge on any atom is -0.343 e. The lowest BCUT2D eigenvalue weighted by atomic mass is 10.1. The number of hydrogen-bond donors (Lipinski definition) is 0. The van der Waals surface area contributed by atoms with E-state index < -0.39 is 11.6 Å². The Morgan fingerprint density at radius 3 is 2.46 bits per heavy atom. The van der Waals surface area contributed by atoms with E-state index in [-0.39, 0.29) is 17.4 Å². The molecule has 5 nitrogen and oxygen atoms in total. The maximum atomic E-state index is 13.3. The zero-order valence-electron chi connectivity index (χ0n) is 13.5. The van der Waals surface area contributed by atoms with E-state index in [0.717, 1.165) is 23.1 Å². The monoisotopic (exact) mass is 352 g/mol. The Kier molecular flexibility index (Phi) is 4.75. The first kappa shape index (κ1) is 16.8. The molecule has 24 heavy (non-hydrogen) atoms. The Hall–Kier alpha value is -2.09. The van der Waals surface area contributed by atoms with Crippen LogP contribution < -0.4 is 4.90 Å². The zero-order valence-corrected chi connectivity index (χ0v) is 14.3. The minimum atomic E-state index is -1.01. The summed E-state index contributed by atoms with van der Waals surface area (Å²) in [7, 11) is 0. The largest absolute Gasteiger partial charge is 0.343 e. The van der Waals surface area contributed by atoms with Crippen LogP contribution in [-0.4, -0.2) is 46.3 Å². The number of piperazine rings is 1. The fourth-order valence-corrected chi connectivity index (χ4v) is 3.36. The lowest BCUT2D eigenvalue weighted by Gasteiger charge is -2.34. The van der Waals surface area contributed by atoms with Gasteiger partial charge in [0.25, 0.3) is 5.91 Å². The van der Waals surface area contributed by atoms with Crippen LogP contribution in [0, 0.1) is 11.6 Å². The highest BCUT2D eigenvalue weighted by Crippen LogP contribution is 2.23. The lowest BCUT2D eigenvalue weighted by molar-refractivity contribution is 0.0746. The molecule has 1 fully saturated rings. The maximum Gasteiger partial charge on any atom is 0.254 e. The van der Waals surface area contributed by atoms with Crippen molar-refractivity contribution in [3.05, 3.63) is 41.2 Å². The number of rotatable bonds is 3. The molecule has 2 heterocycles. The van der Waals surface area contributed by atoms with E-state index in [0.29, 0.717) is 26.2 Å². The third-order valence-electron chi connectivity index (χ3n) is 3.95. The third-order valence-corrected chi connectivity index (χ3v) is 4.74. The van der Waals surface area contributed by atoms with Crippen molar-refractivity contribution in [2.24, 2.45) is 0 Å². The summed E-state index contributed by atoms with van der Waals surface area (Å²) in [5.41, 5.74) is 0.167. The summed E-state index contributed by atoms with van der Waals surface area (Å²) in [6.07, 6.45) is 0. The molecule has 1 aliphatic heterocycles. The molecule has 8 heteroatoms. The third kappa shape index (κ3) is 3.38. The van der Waals surface area contributed by atoms with E-state index >= 15 is 0 Å². The highest BCUT2D eigenvalue weighted by molar-refractivity contribution is 7.09. The van der Waals surface area contributed by atoms with Crippen molar-refractivity contribution < 1.29 is 13.6 Å². The van der Waals surface area contributed by atoms with Crippen LogP contribution in [0.1, 0.15) is 35.9 Å². The van der Waals surface area contributed by atoms with Crippen molar-refractivity contribution in [1.29, 1.82) is 0 Å². The van der Waals surface area contributed by atoms with Gasteiger partial charge in [-0.05, 0) is 18.2 Å². The van der Waals surface area contributed by atoms with E-state index in [4.69, 9.17) is 0 Å². The van der Waals surface area contributed by atoms with Crippen LogP contribution >= 0.6 is 11.5 Å². The van der Waals surface area contributed by atoms with E-state index in [1.807, 2.05) is 13.8 Å². The van der Waals surface area contributed by atoms with E-state index in [9.17, 15) is 13.6 Å². The first-order valence-electron chi connectivity index (χ1n) is 7.78. The van der Waals surface area contributed by atoms with Gasteiger partial charge in [0, 0.05) is 49.2 Å². The van der Waals surface area contributed by atoms with Gasteiger partial charge >= 0.3 is 0 Å². The van der Waals surface area contributed by atoms with Crippen molar-refractivity contribution in [2.75, 3.05) is 31.1 Å². The molecule has 0 spiro atoms. The van der Waals surface area contributed by atoms with Crippen molar-refractivity contribution in [2.45, 2.75) is 19.8 Å². The lowest BCUT2D eigenvalue weighted by Crippen LogP contribution is -2.48. The molecule has 1 aliphatic rings. The molecule has 1 amide bonds. The number of anilines is 1. The molecule has 2 aromatic rings. The second kappa shape index (κ2) is 6.80. The minimum absolute atomic E-state index is 0.167. The molecule has 0 atom stereocenters. The van der Waals surface area contributed by atoms with Crippen LogP contribution in [-0.2, 0) is 0 Å². The highest BCUT2D eigenvalue weighted by atomic mass is 32.1. The molecule has 1 aromatic carbocycles. The van der Waals surface area contributed by atoms with Gasteiger partial charge in [-0.15, -0.1) is 0 Å². The molecular formula is C16H18F2N4OS. The van der Waals surface area contributed by atoms with Crippen LogP contribution in [0.4, 0.5) is 13.9 Å². The number of carbonyl (C=O) groups is 1. The zero-order chi connectivity index (χ0) is 17.3. The number of hydrogen-bond acceptors (Lipinski definition) is 5. The summed E-state index contributed by atoms with van der Waals surface area (Å²) >= 11 is 1.36. The number of carbonyl (C=O) groups excluding carboxylic acids is 1. The molecule has 128 valence electrons. The molecular weight excluding hydrogens is 334 g/mol. The maximum absolute atomic E-state index is 13.3. The van der Waals surface area contributed by atoms with Gasteiger partial charge in [-0.25, -0.2) is 13.8 Å². The average molecular weight is 352 g/mol. The highest BCUT2D eigenvalue weighted by Gasteiger charge is 2.25. The van der Waals surface area contributed by atoms with Gasteiger partial charge in [-0.3, -0.25) is 4.79 Å². The predicted octanol–water partition coefficient (Wildman–Crippen LogP) is 2.90. The molecule has 0 unspecified atom stereocenters. The molecule has 0 saturated carbocycles. The summed E-state index contributed by atoms with van der Waals surface area (Å²) < 4.78 is 30.6.